The minimum Gasteiger partial charge on any atom is -0.506 e. The third kappa shape index (κ3) is 6.18. The van der Waals surface area contributed by atoms with Gasteiger partial charge in [0.2, 0.25) is 17.8 Å². The van der Waals surface area contributed by atoms with Crippen molar-refractivity contribution in [3.63, 3.8) is 0 Å². The van der Waals surface area contributed by atoms with Gasteiger partial charge in [0.1, 0.15) is 5.75 Å². The van der Waals surface area contributed by atoms with Crippen LogP contribution in [-0.2, 0) is 10.0 Å². The zero-order chi connectivity index (χ0) is 28.6. The quantitative estimate of drug-likeness (QED) is 0.183. The summed E-state index contributed by atoms with van der Waals surface area (Å²) >= 11 is 0. The van der Waals surface area contributed by atoms with Crippen LogP contribution in [0.5, 0.6) is 5.75 Å². The number of anilines is 5. The van der Waals surface area contributed by atoms with E-state index in [1.165, 1.54) is 24.3 Å². The average molecular weight is 570 g/mol. The predicted octanol–water partition coefficient (Wildman–Crippen LogP) is -0.231. The number of sulfonamides is 1. The van der Waals surface area contributed by atoms with Crippen molar-refractivity contribution in [1.29, 1.82) is 0 Å². The number of hydrogen-bond donors (Lipinski definition) is 7. The number of nitrogens with one attached hydrogen (secondary N) is 2. The topological polar surface area (TPSA) is 228 Å². The molecule has 0 aliphatic carbocycles. The number of nitrogens with zero attached hydrogens (tertiary/aromatic N) is 5. The molecule has 0 unspecified atom stereocenters. The van der Waals surface area contributed by atoms with Crippen molar-refractivity contribution in [3.8, 4) is 5.75 Å². The number of hydrogen-bond acceptors (Lipinski definition) is 13. The second kappa shape index (κ2) is 11.0. The fourth-order valence-electron chi connectivity index (χ4n) is 4.80. The number of aryl methyl sites for hydroxylation is 1. The van der Waals surface area contributed by atoms with E-state index in [1.54, 1.807) is 18.2 Å². The van der Waals surface area contributed by atoms with Crippen LogP contribution in [0.2, 0.25) is 0 Å². The van der Waals surface area contributed by atoms with Crippen LogP contribution in [-0.4, -0.2) is 78.8 Å². The molecule has 5 rings (SSSR count). The fraction of sp³-hybridized carbons (Fsp3) is 0.400. The molecule has 214 valence electrons. The van der Waals surface area contributed by atoms with E-state index in [0.717, 1.165) is 5.56 Å². The molecule has 1 aromatic heterocycles. The minimum atomic E-state index is -3.89. The summed E-state index contributed by atoms with van der Waals surface area (Å²) in [6.07, 6.45) is 0.703. The lowest BCUT2D eigenvalue weighted by atomic mass is 10.0. The molecule has 0 radical (unpaired) electrons. The Labute approximate surface area is 232 Å². The normalized spacial score (nSPS) is 23.3. The second-order valence-corrected chi connectivity index (χ2v) is 12.1. The smallest absolute Gasteiger partial charge is 0.262 e. The highest BCUT2D eigenvalue weighted by Gasteiger charge is 2.31. The van der Waals surface area contributed by atoms with Gasteiger partial charge in [-0.05, 0) is 37.6 Å². The van der Waals surface area contributed by atoms with Crippen molar-refractivity contribution in [2.24, 2.45) is 22.9 Å². The Morgan fingerprint density at radius 3 is 2.00 bits per heavy atom. The second-order valence-electron chi connectivity index (χ2n) is 10.4. The van der Waals surface area contributed by atoms with E-state index in [9.17, 15) is 13.5 Å². The SMILES string of the molecule is Cc1ccc(S(=O)(=O)Nc2ccc(Nc3nc(N4C[C@H](N)C[C@H](N)C4)nc(N4C[C@@H](N)[C@@H](N)C4)n3)cc2O)cc1. The number of rotatable bonds is 7. The first-order valence-corrected chi connectivity index (χ1v) is 14.4. The van der Waals surface area contributed by atoms with E-state index in [2.05, 4.69) is 25.0 Å². The van der Waals surface area contributed by atoms with Gasteiger partial charge in [-0.2, -0.15) is 15.0 Å². The Bertz CT molecular complexity index is 1450. The largest absolute Gasteiger partial charge is 0.506 e. The molecule has 40 heavy (non-hydrogen) atoms. The van der Waals surface area contributed by atoms with Crippen molar-refractivity contribution >= 4 is 39.2 Å². The van der Waals surface area contributed by atoms with E-state index in [-0.39, 0.29) is 46.4 Å². The van der Waals surface area contributed by atoms with Crippen molar-refractivity contribution in [1.82, 2.24) is 15.0 Å². The Morgan fingerprint density at radius 1 is 0.850 bits per heavy atom. The summed E-state index contributed by atoms with van der Waals surface area (Å²) in [7, 11) is -3.89. The van der Waals surface area contributed by atoms with Crippen LogP contribution >= 0.6 is 0 Å². The van der Waals surface area contributed by atoms with E-state index >= 15 is 0 Å². The molecule has 2 fully saturated rings. The van der Waals surface area contributed by atoms with Gasteiger partial charge >= 0.3 is 0 Å². The summed E-state index contributed by atoms with van der Waals surface area (Å²) in [5.74, 6) is 0.739. The molecule has 4 atom stereocenters. The van der Waals surface area contributed by atoms with Crippen LogP contribution in [0.4, 0.5) is 29.2 Å². The molecule has 2 aliphatic heterocycles. The van der Waals surface area contributed by atoms with Crippen LogP contribution in [0.1, 0.15) is 12.0 Å². The standard InChI is InChI=1S/C25H35N11O3S/c1-14-2-5-18(6-3-14)40(38,39)34-21-7-4-17(9-22(21)37)30-23-31-24(35-10-15(26)8-16(27)11-35)33-25(32-23)36-12-19(28)20(29)13-36/h2-7,9,15-16,19-20,34,37H,8,10-13,26-29H2,1H3,(H,30,31,32,33)/t15-,16+,19-,20+. The number of aromatic hydroxyl groups is 1. The number of aromatic nitrogens is 3. The Morgan fingerprint density at radius 2 is 1.43 bits per heavy atom. The third-order valence-corrected chi connectivity index (χ3v) is 8.32. The van der Waals surface area contributed by atoms with Crippen LogP contribution in [0.15, 0.2) is 47.4 Å². The fourth-order valence-corrected chi connectivity index (χ4v) is 5.87. The number of nitrogens with two attached hydrogens (primary N) is 4. The third-order valence-electron chi connectivity index (χ3n) is 6.93. The van der Waals surface area contributed by atoms with E-state index < -0.39 is 10.0 Å². The molecule has 2 aromatic carbocycles. The minimum absolute atomic E-state index is 0.0273. The van der Waals surface area contributed by atoms with Gasteiger partial charge in [-0.25, -0.2) is 8.42 Å². The highest BCUT2D eigenvalue weighted by atomic mass is 32.2. The average Bonchev–Trinajstić information content (AvgIpc) is 3.23. The monoisotopic (exact) mass is 569 g/mol. The van der Waals surface area contributed by atoms with Crippen LogP contribution < -0.4 is 42.8 Å². The molecule has 15 heteroatoms. The van der Waals surface area contributed by atoms with Gasteiger partial charge < -0.3 is 43.2 Å². The zero-order valence-electron chi connectivity index (χ0n) is 22.1. The molecule has 3 heterocycles. The van der Waals surface area contributed by atoms with Gasteiger partial charge in [0.25, 0.3) is 10.0 Å². The summed E-state index contributed by atoms with van der Waals surface area (Å²) in [4.78, 5) is 17.7. The molecule has 2 saturated heterocycles. The first kappa shape index (κ1) is 27.8. The first-order chi connectivity index (χ1) is 19.0. The maximum absolute atomic E-state index is 12.8. The maximum Gasteiger partial charge on any atom is 0.262 e. The molecule has 0 saturated carbocycles. The number of phenols is 1. The summed E-state index contributed by atoms with van der Waals surface area (Å²) in [5.41, 5.74) is 26.1. The molecule has 2 aliphatic rings. The zero-order valence-corrected chi connectivity index (χ0v) is 22.9. The summed E-state index contributed by atoms with van der Waals surface area (Å²) in [6.45, 7) is 3.91. The van der Waals surface area contributed by atoms with Gasteiger partial charge in [-0.1, -0.05) is 17.7 Å². The van der Waals surface area contributed by atoms with Crippen molar-refractivity contribution in [2.45, 2.75) is 42.4 Å². The van der Waals surface area contributed by atoms with Gasteiger partial charge in [0.15, 0.2) is 0 Å². The van der Waals surface area contributed by atoms with Gasteiger partial charge in [0.05, 0.1) is 10.6 Å². The molecular weight excluding hydrogens is 534 g/mol. The molecular formula is C25H35N11O3S. The number of piperidine rings is 1. The Balaban J connectivity index is 1.40. The maximum atomic E-state index is 12.8. The molecule has 0 amide bonds. The predicted molar refractivity (Wildman–Crippen MR) is 154 cm³/mol. The van der Waals surface area contributed by atoms with Crippen LogP contribution in [0.3, 0.4) is 0 Å². The summed E-state index contributed by atoms with van der Waals surface area (Å²) in [5, 5.41) is 13.7. The van der Waals surface area contributed by atoms with Crippen LogP contribution in [0.25, 0.3) is 0 Å². The van der Waals surface area contributed by atoms with Crippen molar-refractivity contribution in [2.75, 3.05) is 46.0 Å². The lowest BCUT2D eigenvalue weighted by molar-refractivity contribution is 0.447. The van der Waals surface area contributed by atoms with Crippen molar-refractivity contribution in [3.05, 3.63) is 48.0 Å². The van der Waals surface area contributed by atoms with Gasteiger partial charge in [0, 0.05) is 62.1 Å². The summed E-state index contributed by atoms with van der Waals surface area (Å²) < 4.78 is 28.0. The molecule has 0 bridgehead atoms. The van der Waals surface area contributed by atoms with E-state index in [4.69, 9.17) is 22.9 Å². The number of phenolic OH excluding ortho intramolecular Hbond substituents is 1. The lowest BCUT2D eigenvalue weighted by Crippen LogP contribution is -2.53. The highest BCUT2D eigenvalue weighted by molar-refractivity contribution is 7.92. The van der Waals surface area contributed by atoms with E-state index in [1.807, 2.05) is 16.7 Å². The lowest BCUT2D eigenvalue weighted by Gasteiger charge is -2.35. The Hall–Kier alpha value is -3.76. The number of benzene rings is 2. The molecule has 3 aromatic rings. The van der Waals surface area contributed by atoms with Crippen LogP contribution in [0, 0.1) is 6.92 Å². The van der Waals surface area contributed by atoms with Crippen molar-refractivity contribution < 1.29 is 13.5 Å². The molecule has 0 spiro atoms. The Kier molecular flexibility index (Phi) is 7.65. The summed E-state index contributed by atoms with van der Waals surface area (Å²) in [6, 6.07) is 10.2. The van der Waals surface area contributed by atoms with Gasteiger partial charge in [-0.3, -0.25) is 4.72 Å². The van der Waals surface area contributed by atoms with Gasteiger partial charge in [-0.15, -0.1) is 0 Å². The van der Waals surface area contributed by atoms with E-state index in [0.29, 0.717) is 50.2 Å². The first-order valence-electron chi connectivity index (χ1n) is 12.9. The molecule has 11 N–H and O–H groups in total. The highest BCUT2D eigenvalue weighted by Crippen LogP contribution is 2.31. The molecule has 14 nitrogen and oxygen atoms in total.